The first kappa shape index (κ1) is 29.7. The molecule has 11 heteroatoms. The molecule has 0 aromatic carbocycles. The van der Waals surface area contributed by atoms with Crippen LogP contribution in [-0.2, 0) is 8.25 Å². The zero-order valence-corrected chi connectivity index (χ0v) is 7.92. The molecule has 0 rings (SSSR count). The zero-order valence-electron chi connectivity index (χ0n) is 5.11. The van der Waals surface area contributed by atoms with Gasteiger partial charge in [-0.3, -0.25) is 0 Å². The average Bonchev–Trinajstić information content (AvgIpc) is 1.68. The maximum Gasteiger partial charge on any atom is 0.577 e. The first-order valence-electron chi connectivity index (χ1n) is 1.20. The van der Waals surface area contributed by atoms with Crippen LogP contribution in [0.5, 0.6) is 0 Å². The van der Waals surface area contributed by atoms with Gasteiger partial charge in [-0.2, -0.15) is 4.67 Å². The van der Waals surface area contributed by atoms with E-state index >= 15 is 0 Å². The van der Waals surface area contributed by atoms with E-state index < -0.39 is 23.2 Å². The van der Waals surface area contributed by atoms with Crippen molar-refractivity contribution in [2.45, 2.75) is 0 Å². The lowest BCUT2D eigenvalue weighted by Crippen LogP contribution is -1.85. The van der Waals surface area contributed by atoms with Crippen LogP contribution in [0.3, 0.4) is 0 Å². The molecule has 73 valence electrons. The molecule has 8 nitrogen and oxygen atoms in total. The summed E-state index contributed by atoms with van der Waals surface area (Å²) in [4.78, 5) is 8.16. The van der Waals surface area contributed by atoms with Crippen LogP contribution in [0.15, 0.2) is 0 Å². The number of rotatable bonds is 3. The minimum atomic E-state index is -2.12. The number of hydrogen-bond donors (Lipinski definition) is 2. The molecule has 0 heterocycles. The van der Waals surface area contributed by atoms with E-state index in [0.29, 0.717) is 0 Å². The molecule has 1 unspecified atom stereocenters. The smallest absolute Gasteiger partial charge is 0.428 e. The highest BCUT2D eigenvalue weighted by atomic mass is 35.6. The van der Waals surface area contributed by atoms with E-state index in [0.717, 1.165) is 0 Å². The summed E-state index contributed by atoms with van der Waals surface area (Å²) in [6.45, 7) is 0. The van der Waals surface area contributed by atoms with Gasteiger partial charge in [0, 0.05) is 0 Å². The van der Waals surface area contributed by atoms with Crippen molar-refractivity contribution in [1.29, 1.82) is 0 Å². The normalized spacial score (nSPS) is 8.64. The van der Waals surface area contributed by atoms with E-state index in [1.165, 1.54) is 0 Å². The molecule has 11 heavy (non-hydrogen) atoms. The second-order valence-electron chi connectivity index (χ2n) is 0.514. The average molecular weight is 231 g/mol. The van der Waals surface area contributed by atoms with Crippen LogP contribution in [0.2, 0.25) is 0 Å². The molecule has 0 aliphatic carbocycles. The summed E-state index contributed by atoms with van der Waals surface area (Å²) in [5, 5.41) is 7.57. The van der Waals surface area contributed by atoms with Gasteiger partial charge in [0.2, 0.25) is 0 Å². The van der Waals surface area contributed by atoms with Crippen molar-refractivity contribution < 1.29 is 40.3 Å². The fourth-order valence-electron chi connectivity index (χ4n) is 0.0533. The predicted octanol–water partition coefficient (Wildman–Crippen LogP) is -2.81. The summed E-state index contributed by atoms with van der Waals surface area (Å²) in [6, 6.07) is 0. The van der Waals surface area contributed by atoms with E-state index in [2.05, 4.69) is 8.25 Å². The topological polar surface area (TPSA) is 185 Å². The van der Waals surface area contributed by atoms with E-state index in [-0.39, 0.29) is 21.9 Å². The van der Waals surface area contributed by atoms with Gasteiger partial charge in [0.25, 0.3) is 0 Å². The third-order valence-electron chi connectivity index (χ3n) is 0.200. The van der Waals surface area contributed by atoms with Crippen LogP contribution in [-0.4, -0.2) is 46.7 Å². The Kier molecular flexibility index (Phi) is 60.5. The molecule has 0 aliphatic heterocycles. The minimum absolute atomic E-state index is 0. The van der Waals surface area contributed by atoms with Crippen molar-refractivity contribution in [2.24, 2.45) is 0 Å². The molecule has 0 fully saturated rings. The Morgan fingerprint density at radius 3 is 1.64 bits per heavy atom. The monoisotopic (exact) mass is 231 g/mol. The molecular weight excluding hydrogens is 221 g/mol. The lowest BCUT2D eigenvalue weighted by atomic mass is 15.0. The third kappa shape index (κ3) is 24.8. The van der Waals surface area contributed by atoms with Crippen molar-refractivity contribution in [1.82, 2.24) is 0 Å². The van der Waals surface area contributed by atoms with Crippen molar-refractivity contribution in [3.8, 4) is 0 Å². The Balaban J connectivity index is -0.0000000300. The number of hydrogen-bond acceptors (Lipinski definition) is 4. The van der Waals surface area contributed by atoms with E-state index in [1.54, 1.807) is 0 Å². The minimum Gasteiger partial charge on any atom is -0.428 e. The maximum atomic E-state index is 8.16. The van der Waals surface area contributed by atoms with E-state index in [1.807, 2.05) is 0 Å². The quantitative estimate of drug-likeness (QED) is 0.230. The van der Waals surface area contributed by atoms with Gasteiger partial charge < -0.3 is 30.4 Å². The molecule has 1 atom stereocenters. The largest absolute Gasteiger partial charge is 0.577 e. The van der Waals surface area contributed by atoms with Gasteiger partial charge in [0.05, 0.1) is 0 Å². The van der Waals surface area contributed by atoms with Crippen molar-refractivity contribution in [3.05, 3.63) is 0 Å². The molecule has 0 saturated heterocycles. The highest BCUT2D eigenvalue weighted by Crippen LogP contribution is 2.29. The Hall–Kier alpha value is 0.932. The van der Waals surface area contributed by atoms with Gasteiger partial charge in [-0.15, -0.1) is 0 Å². The van der Waals surface area contributed by atoms with E-state index in [9.17, 15) is 0 Å². The van der Waals surface area contributed by atoms with Crippen LogP contribution in [0.4, 0.5) is 0 Å². The highest BCUT2D eigenvalue weighted by Gasteiger charge is 2.02. The molecule has 0 amide bonds. The van der Waals surface area contributed by atoms with Crippen molar-refractivity contribution in [3.63, 3.8) is 0 Å². The summed E-state index contributed by atoms with van der Waals surface area (Å²) in [6.07, 6.45) is 0. The molecule has 0 saturated carbocycles. The molecule has 0 aliphatic rings. The Labute approximate surface area is 74.1 Å². The molecule has 0 bridgehead atoms. The Bertz CT molecular complexity index is 45.1. The third-order valence-corrected chi connectivity index (χ3v) is 2.10. The summed E-state index contributed by atoms with van der Waals surface area (Å²) in [5.41, 5.74) is 0. The second kappa shape index (κ2) is 22.4. The molecule has 0 aromatic heterocycles. The Morgan fingerprint density at radius 2 is 1.55 bits per heavy atom. The number of halogens is 1. The lowest BCUT2D eigenvalue weighted by Gasteiger charge is -1.99. The molecule has 0 spiro atoms. The van der Waals surface area contributed by atoms with Gasteiger partial charge in [-0.05, 0) is 0 Å². The van der Waals surface area contributed by atoms with Gasteiger partial charge in [0.1, 0.15) is 0 Å². The summed E-state index contributed by atoms with van der Waals surface area (Å²) >= 11 is -0.784. The van der Waals surface area contributed by atoms with Crippen LogP contribution in [0.25, 0.3) is 0 Å². The SMILES string of the molecule is O.O.O.O.OOP(O)[O][Al][Cl]. The van der Waals surface area contributed by atoms with Gasteiger partial charge in [-0.25, -0.2) is 15.3 Å². The molecule has 0 aromatic rings. The summed E-state index contributed by atoms with van der Waals surface area (Å²) in [7, 11) is 2.88. The fraction of sp³-hybridized carbons (Fsp3) is 0. The summed E-state index contributed by atoms with van der Waals surface area (Å²) < 4.78 is 7.51. The van der Waals surface area contributed by atoms with Crippen LogP contribution in [0.1, 0.15) is 0 Å². The van der Waals surface area contributed by atoms with Crippen LogP contribution < -0.4 is 0 Å². The van der Waals surface area contributed by atoms with Crippen molar-refractivity contribution >= 4 is 33.3 Å². The standard InChI is InChI=1S/Al.ClH.H2O4P.4H2O/c;;1-4-5(2)3;;;;/h;1H;1-2H;4*1H2/q+2;;-1;;;;/p-1. The van der Waals surface area contributed by atoms with Crippen LogP contribution >= 0.6 is 18.7 Å². The maximum absolute atomic E-state index is 8.16. The fourth-order valence-corrected chi connectivity index (χ4v) is 1.09. The van der Waals surface area contributed by atoms with Gasteiger partial charge in [-0.1, -0.05) is 0 Å². The summed E-state index contributed by atoms with van der Waals surface area (Å²) in [5.74, 6) is 0. The molecule has 1 radical (unpaired) electrons. The second-order valence-corrected chi connectivity index (χ2v) is 2.71. The molecule has 10 N–H and O–H groups in total. The molecular formula is H10AlClO8P. The van der Waals surface area contributed by atoms with Crippen molar-refractivity contribution in [2.75, 3.05) is 0 Å². The predicted molar refractivity (Wildman–Crippen MR) is 40.0 cm³/mol. The van der Waals surface area contributed by atoms with Gasteiger partial charge in [0.15, 0.2) is 0 Å². The highest BCUT2D eigenvalue weighted by molar-refractivity contribution is 7.42. The Morgan fingerprint density at radius 1 is 1.18 bits per heavy atom. The first-order chi connectivity index (χ1) is 3.31. The van der Waals surface area contributed by atoms with E-state index in [4.69, 9.17) is 20.2 Å². The van der Waals surface area contributed by atoms with Crippen LogP contribution in [0, 0.1) is 0 Å². The lowest BCUT2D eigenvalue weighted by molar-refractivity contribution is -0.144. The zero-order chi connectivity index (χ0) is 5.70. The first-order valence-corrected chi connectivity index (χ1v) is 4.55. The van der Waals surface area contributed by atoms with Gasteiger partial charge >= 0.3 is 23.2 Å².